The number of nitrogens with zero attached hydrogens (tertiary/aromatic N) is 2. The summed E-state index contributed by atoms with van der Waals surface area (Å²) in [6.07, 6.45) is 20.7. The van der Waals surface area contributed by atoms with E-state index in [1.807, 2.05) is 18.0 Å². The molecular formula is C19H36N2O. The molecule has 0 aliphatic carbocycles. The Morgan fingerprint density at radius 3 is 2.36 bits per heavy atom. The van der Waals surface area contributed by atoms with Gasteiger partial charge in [0.25, 0.3) is 0 Å². The Morgan fingerprint density at radius 1 is 1.09 bits per heavy atom. The molecule has 22 heavy (non-hydrogen) atoms. The van der Waals surface area contributed by atoms with Crippen LogP contribution in [0.2, 0.25) is 0 Å². The van der Waals surface area contributed by atoms with Gasteiger partial charge in [0.1, 0.15) is 12.4 Å². The number of hydrogen-bond acceptors (Lipinski definition) is 3. The molecule has 0 aromatic carbocycles. The lowest BCUT2D eigenvalue weighted by molar-refractivity contribution is 0.0106. The molecule has 2 atom stereocenters. The van der Waals surface area contributed by atoms with Crippen LogP contribution in [0.5, 0.6) is 0 Å². The summed E-state index contributed by atoms with van der Waals surface area (Å²) in [5, 5.41) is 9.64. The zero-order valence-electron chi connectivity index (χ0n) is 14.7. The highest BCUT2D eigenvalue weighted by Gasteiger charge is 2.22. The summed E-state index contributed by atoms with van der Waals surface area (Å²) < 4.78 is 0. The molecule has 2 unspecified atom stereocenters. The van der Waals surface area contributed by atoms with Crippen LogP contribution in [0.25, 0.3) is 0 Å². The normalized spacial score (nSPS) is 20.2. The summed E-state index contributed by atoms with van der Waals surface area (Å²) >= 11 is 0. The van der Waals surface area contributed by atoms with Gasteiger partial charge in [0.2, 0.25) is 0 Å². The van der Waals surface area contributed by atoms with E-state index < -0.39 is 6.23 Å². The monoisotopic (exact) mass is 308 g/mol. The Bertz CT molecular complexity index is 313. The summed E-state index contributed by atoms with van der Waals surface area (Å²) in [4.78, 5) is 6.43. The second-order valence-corrected chi connectivity index (χ2v) is 6.47. The van der Waals surface area contributed by atoms with E-state index in [2.05, 4.69) is 24.1 Å². The fraction of sp³-hybridized carbons (Fsp3) is 0.842. The molecule has 1 aliphatic heterocycles. The molecule has 1 N–H and O–H groups in total. The average Bonchev–Trinajstić information content (AvgIpc) is 2.97. The maximum Gasteiger partial charge on any atom is 0.107 e. The molecule has 1 heterocycles. The largest absolute Gasteiger partial charge is 0.379 e. The second kappa shape index (κ2) is 12.8. The van der Waals surface area contributed by atoms with Crippen LogP contribution in [-0.4, -0.2) is 35.2 Å². The van der Waals surface area contributed by atoms with Gasteiger partial charge in [-0.3, -0.25) is 9.89 Å². The zero-order valence-corrected chi connectivity index (χ0v) is 14.7. The molecule has 0 aromatic heterocycles. The Balaban J connectivity index is 1.91. The van der Waals surface area contributed by atoms with Crippen molar-refractivity contribution in [3.05, 3.63) is 12.2 Å². The van der Waals surface area contributed by atoms with Crippen molar-refractivity contribution >= 4 is 6.21 Å². The Morgan fingerprint density at radius 2 is 1.73 bits per heavy atom. The average molecular weight is 309 g/mol. The Kier molecular flexibility index (Phi) is 11.3. The number of rotatable bonds is 13. The van der Waals surface area contributed by atoms with E-state index in [1.165, 1.54) is 64.2 Å². The van der Waals surface area contributed by atoms with Crippen molar-refractivity contribution in [1.82, 2.24) is 4.90 Å². The van der Waals surface area contributed by atoms with Crippen LogP contribution in [-0.2, 0) is 0 Å². The molecule has 0 saturated carbocycles. The summed E-state index contributed by atoms with van der Waals surface area (Å²) in [6.45, 7) is 4.86. The summed E-state index contributed by atoms with van der Waals surface area (Å²) in [5.74, 6) is 0. The van der Waals surface area contributed by atoms with Crippen molar-refractivity contribution in [1.29, 1.82) is 0 Å². The molecule has 0 spiro atoms. The number of aliphatic hydroxyl groups excluding tert-OH is 1. The van der Waals surface area contributed by atoms with Crippen molar-refractivity contribution in [2.75, 3.05) is 6.54 Å². The lowest BCUT2D eigenvalue weighted by Crippen LogP contribution is -2.37. The summed E-state index contributed by atoms with van der Waals surface area (Å²) in [5.41, 5.74) is 0. The van der Waals surface area contributed by atoms with Gasteiger partial charge in [-0.1, -0.05) is 70.4 Å². The van der Waals surface area contributed by atoms with E-state index in [9.17, 15) is 5.11 Å². The van der Waals surface area contributed by atoms with Crippen LogP contribution >= 0.6 is 0 Å². The van der Waals surface area contributed by atoms with E-state index >= 15 is 0 Å². The van der Waals surface area contributed by atoms with Crippen LogP contribution in [0.1, 0.15) is 84.5 Å². The first-order chi connectivity index (χ1) is 10.8. The van der Waals surface area contributed by atoms with E-state index in [4.69, 9.17) is 0 Å². The molecule has 0 fully saturated rings. The first kappa shape index (κ1) is 19.4. The smallest absolute Gasteiger partial charge is 0.107 e. The van der Waals surface area contributed by atoms with Crippen molar-refractivity contribution in [2.45, 2.75) is 96.9 Å². The third kappa shape index (κ3) is 8.70. The highest BCUT2D eigenvalue weighted by Crippen LogP contribution is 2.14. The standard InChI is InChI=1S/C19H36N2O/c1-3-4-5-6-7-8-9-10-11-12-13-14-15-19-20-16-17-21(19)18(2)22/h13-14,16,18-19,22H,3-12,15,17H2,1-2H3/b14-13+. The molecule has 3 heteroatoms. The second-order valence-electron chi connectivity index (χ2n) is 6.47. The SMILES string of the molecule is CCCCCCCCCCC/C=C/CC1N=CCN1C(C)O. The maximum absolute atomic E-state index is 9.64. The summed E-state index contributed by atoms with van der Waals surface area (Å²) in [7, 11) is 0. The fourth-order valence-electron chi connectivity index (χ4n) is 2.98. The van der Waals surface area contributed by atoms with Gasteiger partial charge in [-0.25, -0.2) is 0 Å². The van der Waals surface area contributed by atoms with Gasteiger partial charge < -0.3 is 5.11 Å². The van der Waals surface area contributed by atoms with Crippen molar-refractivity contribution in [3.8, 4) is 0 Å². The molecule has 0 aromatic rings. The van der Waals surface area contributed by atoms with Crippen LogP contribution in [0.3, 0.4) is 0 Å². The van der Waals surface area contributed by atoms with E-state index in [0.717, 1.165) is 13.0 Å². The Labute approximate surface area is 137 Å². The maximum atomic E-state index is 9.64. The molecule has 3 nitrogen and oxygen atoms in total. The molecule has 1 aliphatic rings. The lowest BCUT2D eigenvalue weighted by Gasteiger charge is -2.24. The first-order valence-electron chi connectivity index (χ1n) is 9.36. The van der Waals surface area contributed by atoms with Crippen LogP contribution in [0.15, 0.2) is 17.1 Å². The number of unbranched alkanes of at least 4 members (excludes halogenated alkanes) is 9. The minimum atomic E-state index is -0.404. The number of allylic oxidation sites excluding steroid dienone is 1. The molecule has 0 amide bonds. The van der Waals surface area contributed by atoms with E-state index in [0.29, 0.717) is 0 Å². The summed E-state index contributed by atoms with van der Waals surface area (Å²) in [6, 6.07) is 0. The van der Waals surface area contributed by atoms with Gasteiger partial charge in [0, 0.05) is 19.2 Å². The van der Waals surface area contributed by atoms with Gasteiger partial charge in [-0.15, -0.1) is 0 Å². The van der Waals surface area contributed by atoms with Crippen LogP contribution in [0, 0.1) is 0 Å². The molecule has 0 saturated heterocycles. The van der Waals surface area contributed by atoms with Gasteiger partial charge in [0.15, 0.2) is 0 Å². The third-order valence-corrected chi connectivity index (χ3v) is 4.42. The van der Waals surface area contributed by atoms with Gasteiger partial charge in [0.05, 0.1) is 0 Å². The molecule has 128 valence electrons. The van der Waals surface area contributed by atoms with Gasteiger partial charge >= 0.3 is 0 Å². The molecule has 0 radical (unpaired) electrons. The topological polar surface area (TPSA) is 35.8 Å². The van der Waals surface area contributed by atoms with Crippen molar-refractivity contribution in [3.63, 3.8) is 0 Å². The molecule has 1 rings (SSSR count). The third-order valence-electron chi connectivity index (χ3n) is 4.42. The van der Waals surface area contributed by atoms with Crippen molar-refractivity contribution in [2.24, 2.45) is 4.99 Å². The minimum absolute atomic E-state index is 0.138. The first-order valence-corrected chi connectivity index (χ1v) is 9.36. The fourth-order valence-corrected chi connectivity index (χ4v) is 2.98. The van der Waals surface area contributed by atoms with Crippen LogP contribution in [0.4, 0.5) is 0 Å². The predicted octanol–water partition coefficient (Wildman–Crippen LogP) is 4.90. The molecular weight excluding hydrogens is 272 g/mol. The number of aliphatic imine (C=N–C) groups is 1. The van der Waals surface area contributed by atoms with E-state index in [-0.39, 0.29) is 6.17 Å². The highest BCUT2D eigenvalue weighted by atomic mass is 16.3. The molecule has 0 bridgehead atoms. The highest BCUT2D eigenvalue weighted by molar-refractivity contribution is 5.62. The lowest BCUT2D eigenvalue weighted by atomic mass is 10.1. The number of aliphatic hydroxyl groups is 1. The minimum Gasteiger partial charge on any atom is -0.379 e. The van der Waals surface area contributed by atoms with Crippen LogP contribution < -0.4 is 0 Å². The van der Waals surface area contributed by atoms with Gasteiger partial charge in [-0.2, -0.15) is 0 Å². The Hall–Kier alpha value is -0.670. The quantitative estimate of drug-likeness (QED) is 0.388. The zero-order chi connectivity index (χ0) is 16.0. The van der Waals surface area contributed by atoms with E-state index in [1.54, 1.807) is 0 Å². The number of hydrogen-bond donors (Lipinski definition) is 1. The van der Waals surface area contributed by atoms with Crippen molar-refractivity contribution < 1.29 is 5.11 Å². The van der Waals surface area contributed by atoms with Gasteiger partial charge in [-0.05, 0) is 19.8 Å². The predicted molar refractivity (Wildman–Crippen MR) is 96.3 cm³/mol.